The summed E-state index contributed by atoms with van der Waals surface area (Å²) in [6.45, 7) is 1.49. The van der Waals surface area contributed by atoms with Crippen molar-refractivity contribution in [3.05, 3.63) is 18.0 Å². The van der Waals surface area contributed by atoms with Gasteiger partial charge in [0.05, 0.1) is 0 Å². The highest BCUT2D eigenvalue weighted by Crippen LogP contribution is 2.17. The van der Waals surface area contributed by atoms with Gasteiger partial charge in [-0.05, 0) is 6.07 Å². The zero-order chi connectivity index (χ0) is 10.7. The second-order valence-electron chi connectivity index (χ2n) is 3.92. The molecule has 15 heavy (non-hydrogen) atoms. The lowest BCUT2D eigenvalue weighted by atomic mass is 10.1. The van der Waals surface area contributed by atoms with Crippen LogP contribution in [0.4, 0.5) is 0 Å². The maximum atomic E-state index is 11.5. The topological polar surface area (TPSA) is 69.2 Å². The second kappa shape index (κ2) is 4.44. The Hall–Kier alpha value is -1.36. The van der Waals surface area contributed by atoms with Crippen molar-refractivity contribution in [2.24, 2.45) is 5.92 Å². The van der Waals surface area contributed by atoms with Gasteiger partial charge in [-0.15, -0.1) is 0 Å². The van der Waals surface area contributed by atoms with Crippen molar-refractivity contribution in [3.63, 3.8) is 0 Å². The molecule has 1 aromatic heterocycles. The van der Waals surface area contributed by atoms with E-state index in [2.05, 4.69) is 10.2 Å². The maximum Gasteiger partial charge on any atom is 0.223 e. The summed E-state index contributed by atoms with van der Waals surface area (Å²) in [6.07, 6.45) is 2.99. The first-order chi connectivity index (χ1) is 7.29. The van der Waals surface area contributed by atoms with Crippen LogP contribution < -0.4 is 0 Å². The van der Waals surface area contributed by atoms with Crippen LogP contribution in [0.15, 0.2) is 12.3 Å². The van der Waals surface area contributed by atoms with Gasteiger partial charge in [0.1, 0.15) is 0 Å². The molecule has 1 saturated heterocycles. The molecule has 2 heterocycles. The molecule has 1 unspecified atom stereocenters. The van der Waals surface area contributed by atoms with Crippen LogP contribution in [0.25, 0.3) is 0 Å². The molecule has 1 fully saturated rings. The molecular formula is C10H15N3O2. The number of aliphatic hydroxyl groups excluding tert-OH is 1. The summed E-state index contributed by atoms with van der Waals surface area (Å²) in [6, 6.07) is 1.91. The highest BCUT2D eigenvalue weighted by atomic mass is 16.3. The molecule has 2 N–H and O–H groups in total. The fourth-order valence-electron chi connectivity index (χ4n) is 1.87. The fraction of sp³-hybridized carbons (Fsp3) is 0.600. The number of aromatic nitrogens is 2. The Morgan fingerprint density at radius 1 is 1.67 bits per heavy atom. The summed E-state index contributed by atoms with van der Waals surface area (Å²) < 4.78 is 0. The third-order valence-corrected chi connectivity index (χ3v) is 2.76. The van der Waals surface area contributed by atoms with E-state index in [4.69, 9.17) is 5.11 Å². The molecule has 0 aromatic carbocycles. The van der Waals surface area contributed by atoms with Crippen molar-refractivity contribution in [3.8, 4) is 0 Å². The number of likely N-dealkylation sites (tertiary alicyclic amines) is 1. The summed E-state index contributed by atoms with van der Waals surface area (Å²) in [5.74, 6) is 0.271. The van der Waals surface area contributed by atoms with Gasteiger partial charge in [-0.3, -0.25) is 9.89 Å². The van der Waals surface area contributed by atoms with Crippen LogP contribution in [0.1, 0.15) is 12.1 Å². The molecule has 0 spiro atoms. The van der Waals surface area contributed by atoms with Gasteiger partial charge in [0, 0.05) is 50.3 Å². The summed E-state index contributed by atoms with van der Waals surface area (Å²) >= 11 is 0. The monoisotopic (exact) mass is 209 g/mol. The van der Waals surface area contributed by atoms with Crippen LogP contribution in [-0.2, 0) is 11.2 Å². The Kier molecular flexibility index (Phi) is 3.01. The molecule has 1 aliphatic heterocycles. The van der Waals surface area contributed by atoms with Gasteiger partial charge in [-0.1, -0.05) is 0 Å². The SMILES string of the molecule is O=C1CC(CO)CN1CCc1ccn[nH]1. The number of nitrogens with one attached hydrogen (secondary N) is 1. The van der Waals surface area contributed by atoms with Gasteiger partial charge in [0.2, 0.25) is 5.91 Å². The second-order valence-corrected chi connectivity index (χ2v) is 3.92. The van der Waals surface area contributed by atoms with Crippen LogP contribution >= 0.6 is 0 Å². The Morgan fingerprint density at radius 3 is 3.13 bits per heavy atom. The van der Waals surface area contributed by atoms with Gasteiger partial charge in [-0.2, -0.15) is 5.10 Å². The Balaban J connectivity index is 1.83. The molecule has 0 bridgehead atoms. The van der Waals surface area contributed by atoms with E-state index < -0.39 is 0 Å². The highest BCUT2D eigenvalue weighted by Gasteiger charge is 2.28. The lowest BCUT2D eigenvalue weighted by molar-refractivity contribution is -0.127. The molecule has 0 radical (unpaired) electrons. The van der Waals surface area contributed by atoms with E-state index in [1.807, 2.05) is 11.0 Å². The molecule has 82 valence electrons. The van der Waals surface area contributed by atoms with Crippen LogP contribution in [0, 0.1) is 5.92 Å². The number of aliphatic hydroxyl groups is 1. The number of hydrogen-bond acceptors (Lipinski definition) is 3. The number of aromatic amines is 1. The van der Waals surface area contributed by atoms with Crippen molar-refractivity contribution in [1.82, 2.24) is 15.1 Å². The number of nitrogens with zero attached hydrogens (tertiary/aromatic N) is 2. The lowest BCUT2D eigenvalue weighted by Crippen LogP contribution is -2.27. The number of H-pyrrole nitrogens is 1. The van der Waals surface area contributed by atoms with E-state index in [0.717, 1.165) is 12.1 Å². The minimum absolute atomic E-state index is 0.103. The summed E-state index contributed by atoms with van der Waals surface area (Å²) in [5.41, 5.74) is 1.04. The number of rotatable bonds is 4. The lowest BCUT2D eigenvalue weighted by Gasteiger charge is -2.15. The largest absolute Gasteiger partial charge is 0.396 e. The smallest absolute Gasteiger partial charge is 0.223 e. The molecule has 5 heteroatoms. The van der Waals surface area contributed by atoms with Crippen LogP contribution in [0.5, 0.6) is 0 Å². The van der Waals surface area contributed by atoms with E-state index in [1.54, 1.807) is 6.20 Å². The van der Waals surface area contributed by atoms with E-state index in [-0.39, 0.29) is 18.4 Å². The van der Waals surface area contributed by atoms with Crippen LogP contribution in [0.2, 0.25) is 0 Å². The molecule has 0 aliphatic carbocycles. The average Bonchev–Trinajstić information content (AvgIpc) is 2.84. The summed E-state index contributed by atoms with van der Waals surface area (Å²) in [7, 11) is 0. The number of carbonyl (C=O) groups is 1. The Labute approximate surface area is 88.1 Å². The van der Waals surface area contributed by atoms with Crippen LogP contribution in [-0.4, -0.2) is 45.8 Å². The Morgan fingerprint density at radius 2 is 2.53 bits per heavy atom. The number of hydrogen-bond donors (Lipinski definition) is 2. The van der Waals surface area contributed by atoms with Gasteiger partial charge in [0.15, 0.2) is 0 Å². The van der Waals surface area contributed by atoms with Gasteiger partial charge in [-0.25, -0.2) is 0 Å². The molecule has 1 atom stereocenters. The standard InChI is InChI=1S/C10H15N3O2/c14-7-8-5-10(15)13(6-8)4-2-9-1-3-11-12-9/h1,3,8,14H,2,4-7H2,(H,11,12). The summed E-state index contributed by atoms with van der Waals surface area (Å²) in [5, 5.41) is 15.7. The van der Waals surface area contributed by atoms with Crippen molar-refractivity contribution in [1.29, 1.82) is 0 Å². The van der Waals surface area contributed by atoms with Crippen LogP contribution in [0.3, 0.4) is 0 Å². The normalized spacial score (nSPS) is 21.3. The number of carbonyl (C=O) groups excluding carboxylic acids is 1. The molecular weight excluding hydrogens is 194 g/mol. The van der Waals surface area contributed by atoms with Crippen molar-refractivity contribution in [2.45, 2.75) is 12.8 Å². The van der Waals surface area contributed by atoms with E-state index in [0.29, 0.717) is 19.5 Å². The first-order valence-corrected chi connectivity index (χ1v) is 5.16. The van der Waals surface area contributed by atoms with Gasteiger partial charge >= 0.3 is 0 Å². The van der Waals surface area contributed by atoms with Crippen molar-refractivity contribution >= 4 is 5.91 Å². The predicted octanol–water partition coefficient (Wildman–Crippen LogP) is -0.207. The minimum atomic E-state index is 0.103. The molecule has 1 aromatic rings. The first kappa shape index (κ1) is 10.2. The Bertz CT molecular complexity index is 323. The minimum Gasteiger partial charge on any atom is -0.396 e. The maximum absolute atomic E-state index is 11.5. The highest BCUT2D eigenvalue weighted by molar-refractivity contribution is 5.78. The molecule has 5 nitrogen and oxygen atoms in total. The molecule has 1 aliphatic rings. The van der Waals surface area contributed by atoms with Crippen molar-refractivity contribution < 1.29 is 9.90 Å². The van der Waals surface area contributed by atoms with E-state index in [9.17, 15) is 4.79 Å². The molecule has 2 rings (SSSR count). The van der Waals surface area contributed by atoms with Crippen molar-refractivity contribution in [2.75, 3.05) is 19.7 Å². The van der Waals surface area contributed by atoms with Gasteiger partial charge < -0.3 is 10.0 Å². The molecule has 1 amide bonds. The first-order valence-electron chi connectivity index (χ1n) is 5.16. The quantitative estimate of drug-likeness (QED) is 0.721. The molecule has 0 saturated carbocycles. The third-order valence-electron chi connectivity index (χ3n) is 2.76. The predicted molar refractivity (Wildman–Crippen MR) is 54.1 cm³/mol. The van der Waals surface area contributed by atoms with E-state index >= 15 is 0 Å². The zero-order valence-corrected chi connectivity index (χ0v) is 8.52. The average molecular weight is 209 g/mol. The third kappa shape index (κ3) is 2.36. The fourth-order valence-corrected chi connectivity index (χ4v) is 1.87. The number of amides is 1. The zero-order valence-electron chi connectivity index (χ0n) is 8.52. The van der Waals surface area contributed by atoms with E-state index in [1.165, 1.54) is 0 Å². The summed E-state index contributed by atoms with van der Waals surface area (Å²) in [4.78, 5) is 13.3. The van der Waals surface area contributed by atoms with Gasteiger partial charge in [0.25, 0.3) is 0 Å².